The van der Waals surface area contributed by atoms with Gasteiger partial charge in [0.2, 0.25) is 5.91 Å². The summed E-state index contributed by atoms with van der Waals surface area (Å²) in [4.78, 5) is 26.2. The fourth-order valence-electron chi connectivity index (χ4n) is 2.60. The van der Waals surface area contributed by atoms with Gasteiger partial charge >= 0.3 is 0 Å². The van der Waals surface area contributed by atoms with Crippen molar-refractivity contribution in [3.8, 4) is 0 Å². The van der Waals surface area contributed by atoms with E-state index in [9.17, 15) is 14.0 Å². The van der Waals surface area contributed by atoms with Crippen LogP contribution in [0, 0.1) is 5.82 Å². The molecule has 0 fully saturated rings. The number of furan rings is 1. The van der Waals surface area contributed by atoms with E-state index in [1.54, 1.807) is 31.2 Å². The van der Waals surface area contributed by atoms with Gasteiger partial charge in [0, 0.05) is 18.5 Å². The molecule has 0 aliphatic heterocycles. The molecule has 6 heteroatoms. The van der Waals surface area contributed by atoms with Crippen LogP contribution in [0.3, 0.4) is 0 Å². The van der Waals surface area contributed by atoms with Gasteiger partial charge in [0.05, 0.1) is 6.54 Å². The molecule has 134 valence electrons. The summed E-state index contributed by atoms with van der Waals surface area (Å²) in [7, 11) is 0. The van der Waals surface area contributed by atoms with Gasteiger partial charge in [-0.05, 0) is 36.8 Å². The first-order valence-electron chi connectivity index (χ1n) is 8.36. The summed E-state index contributed by atoms with van der Waals surface area (Å²) >= 11 is 0. The average molecular weight is 354 g/mol. The third kappa shape index (κ3) is 4.08. The Morgan fingerprint density at radius 3 is 2.54 bits per heavy atom. The van der Waals surface area contributed by atoms with Crippen molar-refractivity contribution in [1.82, 2.24) is 10.2 Å². The molecule has 0 aliphatic carbocycles. The van der Waals surface area contributed by atoms with E-state index >= 15 is 0 Å². The molecule has 1 N–H and O–H groups in total. The van der Waals surface area contributed by atoms with E-state index in [2.05, 4.69) is 5.32 Å². The number of para-hydroxylation sites is 1. The zero-order valence-electron chi connectivity index (χ0n) is 14.4. The summed E-state index contributed by atoms with van der Waals surface area (Å²) in [5.74, 6) is -0.741. The Balaban J connectivity index is 1.61. The van der Waals surface area contributed by atoms with Crippen molar-refractivity contribution in [3.05, 3.63) is 71.7 Å². The van der Waals surface area contributed by atoms with Crippen molar-refractivity contribution in [2.75, 3.05) is 13.1 Å². The van der Waals surface area contributed by atoms with Gasteiger partial charge in [0.1, 0.15) is 11.4 Å². The number of hydrogen-bond acceptors (Lipinski definition) is 3. The molecular weight excluding hydrogens is 335 g/mol. The van der Waals surface area contributed by atoms with Gasteiger partial charge in [-0.1, -0.05) is 30.3 Å². The SMILES string of the molecule is CCN(CC(=O)NCc1ccc(F)cc1)C(=O)c1cc2ccccc2o1. The monoisotopic (exact) mass is 354 g/mol. The Bertz CT molecular complexity index is 885. The largest absolute Gasteiger partial charge is 0.451 e. The minimum atomic E-state index is -0.333. The second kappa shape index (κ2) is 7.82. The van der Waals surface area contributed by atoms with E-state index in [4.69, 9.17) is 4.42 Å². The van der Waals surface area contributed by atoms with Gasteiger partial charge in [0.25, 0.3) is 5.91 Å². The molecule has 3 aromatic rings. The molecule has 0 radical (unpaired) electrons. The van der Waals surface area contributed by atoms with Crippen LogP contribution < -0.4 is 5.32 Å². The molecule has 0 spiro atoms. The number of carbonyl (C=O) groups is 2. The molecule has 1 aromatic heterocycles. The summed E-state index contributed by atoms with van der Waals surface area (Å²) in [5, 5.41) is 3.57. The van der Waals surface area contributed by atoms with E-state index in [0.29, 0.717) is 12.1 Å². The van der Waals surface area contributed by atoms with Gasteiger partial charge < -0.3 is 14.6 Å². The van der Waals surface area contributed by atoms with Gasteiger partial charge in [-0.3, -0.25) is 9.59 Å². The molecule has 2 amide bonds. The van der Waals surface area contributed by atoms with Crippen LogP contribution in [0.1, 0.15) is 23.0 Å². The van der Waals surface area contributed by atoms with E-state index in [-0.39, 0.29) is 36.5 Å². The average Bonchev–Trinajstić information content (AvgIpc) is 3.09. The first-order valence-corrected chi connectivity index (χ1v) is 8.36. The Morgan fingerprint density at radius 2 is 1.85 bits per heavy atom. The third-order valence-electron chi connectivity index (χ3n) is 4.04. The van der Waals surface area contributed by atoms with Crippen LogP contribution in [0.25, 0.3) is 11.0 Å². The number of halogens is 1. The molecule has 0 aliphatic rings. The molecule has 0 saturated heterocycles. The maximum Gasteiger partial charge on any atom is 0.290 e. The molecule has 26 heavy (non-hydrogen) atoms. The smallest absolute Gasteiger partial charge is 0.290 e. The third-order valence-corrected chi connectivity index (χ3v) is 4.04. The summed E-state index contributed by atoms with van der Waals surface area (Å²) in [6.45, 7) is 2.37. The van der Waals surface area contributed by atoms with Gasteiger partial charge in [-0.15, -0.1) is 0 Å². The first kappa shape index (κ1) is 17.7. The van der Waals surface area contributed by atoms with Gasteiger partial charge in [-0.2, -0.15) is 0 Å². The van der Waals surface area contributed by atoms with Crippen LogP contribution in [0.15, 0.2) is 59.0 Å². The molecule has 2 aromatic carbocycles. The van der Waals surface area contributed by atoms with Crippen molar-refractivity contribution in [2.45, 2.75) is 13.5 Å². The van der Waals surface area contributed by atoms with Gasteiger partial charge in [0.15, 0.2) is 5.76 Å². The highest BCUT2D eigenvalue weighted by atomic mass is 19.1. The summed E-state index contributed by atoms with van der Waals surface area (Å²) < 4.78 is 18.5. The topological polar surface area (TPSA) is 62.6 Å². The fraction of sp³-hybridized carbons (Fsp3) is 0.200. The molecule has 0 bridgehead atoms. The molecule has 5 nitrogen and oxygen atoms in total. The quantitative estimate of drug-likeness (QED) is 0.738. The number of amides is 2. The Kier molecular flexibility index (Phi) is 5.31. The first-order chi connectivity index (χ1) is 12.6. The molecule has 0 saturated carbocycles. The van der Waals surface area contributed by atoms with E-state index in [0.717, 1.165) is 10.9 Å². The minimum absolute atomic E-state index is 0.0758. The fourth-order valence-corrected chi connectivity index (χ4v) is 2.60. The summed E-state index contributed by atoms with van der Waals surface area (Å²) in [6, 6.07) is 14.9. The van der Waals surface area contributed by atoms with Crippen LogP contribution in [0.4, 0.5) is 4.39 Å². The summed E-state index contributed by atoms with van der Waals surface area (Å²) in [6.07, 6.45) is 0. The summed E-state index contributed by atoms with van der Waals surface area (Å²) in [5.41, 5.74) is 1.42. The number of nitrogens with zero attached hydrogens (tertiary/aromatic N) is 1. The molecule has 3 rings (SSSR count). The van der Waals surface area contributed by atoms with E-state index in [1.165, 1.54) is 17.0 Å². The van der Waals surface area contributed by atoms with E-state index < -0.39 is 0 Å². The van der Waals surface area contributed by atoms with Crippen LogP contribution in [-0.4, -0.2) is 29.8 Å². The van der Waals surface area contributed by atoms with Crippen LogP contribution in [0.5, 0.6) is 0 Å². The second-order valence-electron chi connectivity index (χ2n) is 5.87. The Morgan fingerprint density at radius 1 is 1.12 bits per heavy atom. The lowest BCUT2D eigenvalue weighted by Crippen LogP contribution is -2.40. The van der Waals surface area contributed by atoms with Crippen LogP contribution >= 0.6 is 0 Å². The van der Waals surface area contributed by atoms with Crippen molar-refractivity contribution in [3.63, 3.8) is 0 Å². The Hall–Kier alpha value is -3.15. The predicted molar refractivity (Wildman–Crippen MR) is 96.0 cm³/mol. The van der Waals surface area contributed by atoms with Crippen LogP contribution in [0.2, 0.25) is 0 Å². The van der Waals surface area contributed by atoms with Crippen LogP contribution in [-0.2, 0) is 11.3 Å². The number of carbonyl (C=O) groups excluding carboxylic acids is 2. The Labute approximate surface area is 150 Å². The number of fused-ring (bicyclic) bond motifs is 1. The number of rotatable bonds is 6. The highest BCUT2D eigenvalue weighted by Crippen LogP contribution is 2.20. The normalized spacial score (nSPS) is 10.7. The number of likely N-dealkylation sites (N-methyl/N-ethyl adjacent to an activating group) is 1. The predicted octanol–water partition coefficient (Wildman–Crippen LogP) is 3.35. The van der Waals surface area contributed by atoms with Crippen molar-refractivity contribution in [2.24, 2.45) is 0 Å². The maximum absolute atomic E-state index is 12.9. The lowest BCUT2D eigenvalue weighted by Gasteiger charge is -2.19. The van der Waals surface area contributed by atoms with E-state index in [1.807, 2.05) is 18.2 Å². The zero-order valence-corrected chi connectivity index (χ0v) is 14.4. The van der Waals surface area contributed by atoms with Gasteiger partial charge in [-0.25, -0.2) is 4.39 Å². The van der Waals surface area contributed by atoms with Crippen molar-refractivity contribution < 1.29 is 18.4 Å². The molecule has 0 unspecified atom stereocenters. The zero-order chi connectivity index (χ0) is 18.5. The second-order valence-corrected chi connectivity index (χ2v) is 5.87. The lowest BCUT2D eigenvalue weighted by atomic mass is 10.2. The maximum atomic E-state index is 12.9. The van der Waals surface area contributed by atoms with Crippen molar-refractivity contribution >= 4 is 22.8 Å². The molecule has 0 atom stereocenters. The van der Waals surface area contributed by atoms with Crippen molar-refractivity contribution in [1.29, 1.82) is 0 Å². The highest BCUT2D eigenvalue weighted by Gasteiger charge is 2.20. The standard InChI is InChI=1S/C20H19FN2O3/c1-2-23(13-19(24)22-12-14-7-9-16(21)10-8-14)20(25)18-11-15-5-3-4-6-17(15)26-18/h3-11H,2,12-13H2,1H3,(H,22,24). The number of benzene rings is 2. The number of nitrogens with one attached hydrogen (secondary N) is 1. The molecule has 1 heterocycles. The lowest BCUT2D eigenvalue weighted by molar-refractivity contribution is -0.121. The highest BCUT2D eigenvalue weighted by molar-refractivity contribution is 5.97. The minimum Gasteiger partial charge on any atom is -0.451 e. The molecular formula is C20H19FN2O3. The number of hydrogen-bond donors (Lipinski definition) is 1.